The van der Waals surface area contributed by atoms with Gasteiger partial charge in [-0.2, -0.15) is 5.26 Å². The van der Waals surface area contributed by atoms with Crippen LogP contribution in [0.3, 0.4) is 0 Å². The van der Waals surface area contributed by atoms with Gasteiger partial charge in [-0.3, -0.25) is 0 Å². The van der Waals surface area contributed by atoms with E-state index in [0.29, 0.717) is 11.1 Å². The van der Waals surface area contributed by atoms with E-state index in [1.165, 1.54) is 12.1 Å². The van der Waals surface area contributed by atoms with Gasteiger partial charge in [-0.15, -0.1) is 0 Å². The fourth-order valence-electron chi connectivity index (χ4n) is 0.981. The van der Waals surface area contributed by atoms with Crippen molar-refractivity contribution in [3.05, 3.63) is 51.7 Å². The van der Waals surface area contributed by atoms with Crippen LogP contribution in [0.15, 0.2) is 35.0 Å². The largest absolute Gasteiger partial charge is 0.207 e. The average Bonchev–Trinajstić information content (AvgIpc) is 2.27. The first-order valence-corrected chi connectivity index (χ1v) is 4.13. The highest BCUT2D eigenvalue weighted by atomic mass is 19.1. The number of benzene rings is 1. The van der Waals surface area contributed by atoms with Gasteiger partial charge in [0.05, 0.1) is 12.6 Å². The van der Waals surface area contributed by atoms with Crippen molar-refractivity contribution in [2.45, 2.75) is 0 Å². The Bertz CT molecular complexity index is 449. The Morgan fingerprint density at radius 2 is 2.20 bits per heavy atom. The third-order valence-electron chi connectivity index (χ3n) is 1.66. The van der Waals surface area contributed by atoms with Crippen molar-refractivity contribution in [2.24, 2.45) is 5.11 Å². The van der Waals surface area contributed by atoms with E-state index in [1.54, 1.807) is 18.2 Å². The van der Waals surface area contributed by atoms with E-state index in [0.717, 1.165) is 0 Å². The molecule has 1 rings (SSSR count). The van der Waals surface area contributed by atoms with Gasteiger partial charge in [-0.1, -0.05) is 17.2 Å². The van der Waals surface area contributed by atoms with Gasteiger partial charge in [0.15, 0.2) is 0 Å². The fourth-order valence-corrected chi connectivity index (χ4v) is 0.981. The molecule has 0 aliphatic rings. The molecule has 0 aromatic heterocycles. The zero-order valence-corrected chi connectivity index (χ0v) is 7.76. The Labute approximate surface area is 85.9 Å². The average molecular weight is 202 g/mol. The van der Waals surface area contributed by atoms with Crippen LogP contribution in [-0.2, 0) is 0 Å². The topological polar surface area (TPSA) is 72.5 Å². The molecule has 5 heteroatoms. The fraction of sp³-hybridized carbons (Fsp3) is 0.100. The summed E-state index contributed by atoms with van der Waals surface area (Å²) in [5.41, 5.74) is 9.11. The first kappa shape index (κ1) is 10.8. The second-order valence-corrected chi connectivity index (χ2v) is 2.72. The summed E-state index contributed by atoms with van der Waals surface area (Å²) in [6, 6.07) is 7.59. The standard InChI is InChI=1S/C10H7FN4/c11-10-3-1-8(2-4-10)5-9(6-12)7-14-15-13/h1-5H,7H2/b9-5+. The third kappa shape index (κ3) is 3.51. The van der Waals surface area contributed by atoms with Gasteiger partial charge in [0.2, 0.25) is 0 Å². The molecule has 0 spiro atoms. The van der Waals surface area contributed by atoms with Crippen LogP contribution in [0, 0.1) is 17.1 Å². The Balaban J connectivity index is 2.89. The van der Waals surface area contributed by atoms with E-state index in [1.807, 2.05) is 6.07 Å². The summed E-state index contributed by atoms with van der Waals surface area (Å²) in [7, 11) is 0. The van der Waals surface area contributed by atoms with Crippen LogP contribution in [0.4, 0.5) is 4.39 Å². The monoisotopic (exact) mass is 202 g/mol. The minimum Gasteiger partial charge on any atom is -0.207 e. The summed E-state index contributed by atoms with van der Waals surface area (Å²) in [4.78, 5) is 2.55. The zero-order valence-electron chi connectivity index (χ0n) is 7.76. The maximum atomic E-state index is 12.6. The van der Waals surface area contributed by atoms with Crippen molar-refractivity contribution in [1.29, 1.82) is 5.26 Å². The van der Waals surface area contributed by atoms with E-state index < -0.39 is 0 Å². The van der Waals surface area contributed by atoms with Crippen LogP contribution in [0.2, 0.25) is 0 Å². The summed E-state index contributed by atoms with van der Waals surface area (Å²) in [6.45, 7) is 0.00434. The van der Waals surface area contributed by atoms with Gasteiger partial charge in [0.1, 0.15) is 5.82 Å². The Hall–Kier alpha value is -2.31. The first-order chi connectivity index (χ1) is 7.26. The lowest BCUT2D eigenvalue weighted by atomic mass is 10.1. The van der Waals surface area contributed by atoms with Gasteiger partial charge in [-0.25, -0.2) is 4.39 Å². The van der Waals surface area contributed by atoms with Gasteiger partial charge in [-0.05, 0) is 29.3 Å². The number of hydrogen-bond donors (Lipinski definition) is 0. The Morgan fingerprint density at radius 1 is 1.53 bits per heavy atom. The van der Waals surface area contributed by atoms with Crippen LogP contribution in [0.5, 0.6) is 0 Å². The van der Waals surface area contributed by atoms with Crippen LogP contribution >= 0.6 is 0 Å². The summed E-state index contributed by atoms with van der Waals surface area (Å²) in [5, 5.41) is 12.0. The van der Waals surface area contributed by atoms with Crippen molar-refractivity contribution >= 4 is 6.08 Å². The van der Waals surface area contributed by atoms with E-state index in [9.17, 15) is 4.39 Å². The molecule has 0 aliphatic heterocycles. The maximum absolute atomic E-state index is 12.6. The SMILES string of the molecule is N#C/C(=C\c1ccc(F)cc1)CN=[N+]=[N-]. The van der Waals surface area contributed by atoms with Crippen molar-refractivity contribution in [3.8, 4) is 6.07 Å². The summed E-state index contributed by atoms with van der Waals surface area (Å²) in [5.74, 6) is -0.333. The minimum atomic E-state index is -0.333. The molecule has 0 N–H and O–H groups in total. The number of hydrogen-bond acceptors (Lipinski definition) is 2. The molecule has 74 valence electrons. The minimum absolute atomic E-state index is 0.00434. The number of rotatable bonds is 3. The summed E-state index contributed by atoms with van der Waals surface area (Å²) in [6.07, 6.45) is 1.55. The van der Waals surface area contributed by atoms with Gasteiger partial charge in [0, 0.05) is 10.5 Å². The molecule has 0 unspecified atom stereocenters. The number of nitrogens with zero attached hydrogens (tertiary/aromatic N) is 4. The third-order valence-corrected chi connectivity index (χ3v) is 1.66. The Kier molecular flexibility index (Phi) is 3.90. The molecule has 0 radical (unpaired) electrons. The molecule has 0 aliphatic carbocycles. The van der Waals surface area contributed by atoms with Crippen molar-refractivity contribution in [1.82, 2.24) is 0 Å². The molecule has 0 amide bonds. The van der Waals surface area contributed by atoms with E-state index in [4.69, 9.17) is 10.8 Å². The lowest BCUT2D eigenvalue weighted by molar-refractivity contribution is 0.628. The lowest BCUT2D eigenvalue weighted by Crippen LogP contribution is -1.84. The van der Waals surface area contributed by atoms with Gasteiger partial charge in [0.25, 0.3) is 0 Å². The second kappa shape index (κ2) is 5.43. The smallest absolute Gasteiger partial charge is 0.123 e. The molecule has 4 nitrogen and oxygen atoms in total. The van der Waals surface area contributed by atoms with Gasteiger partial charge < -0.3 is 0 Å². The molecule has 0 bridgehead atoms. The van der Waals surface area contributed by atoms with Crippen LogP contribution in [0.25, 0.3) is 16.5 Å². The maximum Gasteiger partial charge on any atom is 0.123 e. The molecule has 1 aromatic rings. The molecular formula is C10H7FN4. The molecule has 0 atom stereocenters. The van der Waals surface area contributed by atoms with E-state index in [-0.39, 0.29) is 12.4 Å². The van der Waals surface area contributed by atoms with Crippen molar-refractivity contribution in [2.75, 3.05) is 6.54 Å². The van der Waals surface area contributed by atoms with E-state index in [2.05, 4.69) is 10.0 Å². The van der Waals surface area contributed by atoms with Crippen LogP contribution in [0.1, 0.15) is 5.56 Å². The molecule has 0 saturated heterocycles. The van der Waals surface area contributed by atoms with Crippen LogP contribution < -0.4 is 0 Å². The lowest BCUT2D eigenvalue weighted by Gasteiger charge is -1.94. The summed E-state index contributed by atoms with van der Waals surface area (Å²) < 4.78 is 12.6. The number of nitriles is 1. The normalized spacial score (nSPS) is 10.3. The zero-order chi connectivity index (χ0) is 11.1. The molecular weight excluding hydrogens is 195 g/mol. The highest BCUT2D eigenvalue weighted by Gasteiger charge is 1.95. The van der Waals surface area contributed by atoms with E-state index >= 15 is 0 Å². The quantitative estimate of drug-likeness (QED) is 0.321. The van der Waals surface area contributed by atoms with Gasteiger partial charge >= 0.3 is 0 Å². The van der Waals surface area contributed by atoms with Crippen molar-refractivity contribution in [3.63, 3.8) is 0 Å². The number of halogens is 1. The second-order valence-electron chi connectivity index (χ2n) is 2.72. The molecule has 0 fully saturated rings. The highest BCUT2D eigenvalue weighted by Crippen LogP contribution is 2.08. The predicted molar refractivity (Wildman–Crippen MR) is 54.0 cm³/mol. The first-order valence-electron chi connectivity index (χ1n) is 4.13. The van der Waals surface area contributed by atoms with Crippen LogP contribution in [-0.4, -0.2) is 6.54 Å². The molecule has 0 saturated carbocycles. The molecule has 0 heterocycles. The Morgan fingerprint density at radius 3 is 2.73 bits per heavy atom. The predicted octanol–water partition coefficient (Wildman–Crippen LogP) is 3.04. The number of azide groups is 1. The van der Waals surface area contributed by atoms with Crippen molar-refractivity contribution < 1.29 is 4.39 Å². The molecule has 1 aromatic carbocycles. The highest BCUT2D eigenvalue weighted by molar-refractivity contribution is 5.57. The molecule has 15 heavy (non-hydrogen) atoms. The summed E-state index contributed by atoms with van der Waals surface area (Å²) >= 11 is 0.